The van der Waals surface area contributed by atoms with Gasteiger partial charge in [-0.3, -0.25) is 9.59 Å². The molecule has 6 heteroatoms. The summed E-state index contributed by atoms with van der Waals surface area (Å²) in [6, 6.07) is 0.536. The van der Waals surface area contributed by atoms with Crippen LogP contribution in [0.5, 0.6) is 0 Å². The molecular formula is C13H23N3O3. The topological polar surface area (TPSA) is 72.9 Å². The normalized spacial score (nSPS) is 22.0. The van der Waals surface area contributed by atoms with Crippen molar-refractivity contribution in [2.75, 3.05) is 32.7 Å². The fourth-order valence-electron chi connectivity index (χ4n) is 2.25. The number of hydrogen-bond donors (Lipinski definition) is 2. The van der Waals surface area contributed by atoms with Crippen molar-refractivity contribution in [3.05, 3.63) is 0 Å². The molecule has 0 aromatic heterocycles. The number of carbonyl (C=O) groups is 2. The molecule has 1 aliphatic heterocycles. The molecule has 0 aromatic carbocycles. The van der Waals surface area contributed by atoms with Gasteiger partial charge < -0.3 is 20.2 Å². The molecule has 2 aliphatic rings. The largest absolute Gasteiger partial charge is 0.390 e. The third-order valence-electron chi connectivity index (χ3n) is 3.50. The molecule has 2 N–H and O–H groups in total. The minimum atomic E-state index is -0.602. The molecular weight excluding hydrogens is 246 g/mol. The van der Waals surface area contributed by atoms with Crippen LogP contribution in [0, 0.1) is 0 Å². The van der Waals surface area contributed by atoms with E-state index in [1.807, 2.05) is 6.92 Å². The van der Waals surface area contributed by atoms with Crippen molar-refractivity contribution in [1.29, 1.82) is 0 Å². The second-order valence-corrected chi connectivity index (χ2v) is 5.43. The number of aliphatic hydroxyl groups is 1. The lowest BCUT2D eigenvalue weighted by atomic mass is 10.2. The van der Waals surface area contributed by atoms with E-state index in [0.717, 1.165) is 6.42 Å². The smallest absolute Gasteiger partial charge is 0.242 e. The van der Waals surface area contributed by atoms with E-state index in [0.29, 0.717) is 19.1 Å². The third-order valence-corrected chi connectivity index (χ3v) is 3.50. The molecule has 0 spiro atoms. The molecule has 2 rings (SSSR count). The van der Waals surface area contributed by atoms with Crippen LogP contribution in [0.4, 0.5) is 0 Å². The number of nitrogens with zero attached hydrogens (tertiary/aromatic N) is 2. The van der Waals surface area contributed by atoms with E-state index in [1.165, 1.54) is 17.7 Å². The van der Waals surface area contributed by atoms with Gasteiger partial charge in [-0.1, -0.05) is 6.92 Å². The average molecular weight is 269 g/mol. The second kappa shape index (κ2) is 6.34. The first kappa shape index (κ1) is 14.3. The highest BCUT2D eigenvalue weighted by atomic mass is 16.3. The van der Waals surface area contributed by atoms with E-state index >= 15 is 0 Å². The monoisotopic (exact) mass is 269 g/mol. The average Bonchev–Trinajstić information content (AvgIpc) is 3.17. The van der Waals surface area contributed by atoms with E-state index in [9.17, 15) is 14.7 Å². The summed E-state index contributed by atoms with van der Waals surface area (Å²) in [5.41, 5.74) is 0. The molecule has 1 aliphatic carbocycles. The van der Waals surface area contributed by atoms with Gasteiger partial charge in [0.25, 0.3) is 0 Å². The molecule has 0 bridgehead atoms. The van der Waals surface area contributed by atoms with Crippen LogP contribution in [0.3, 0.4) is 0 Å². The first-order chi connectivity index (χ1) is 9.10. The Hall–Kier alpha value is -1.14. The lowest BCUT2D eigenvalue weighted by molar-refractivity contribution is -0.151. The molecule has 1 atom stereocenters. The molecule has 0 aromatic rings. The molecule has 2 amide bonds. The highest BCUT2D eigenvalue weighted by Gasteiger charge is 2.30. The highest BCUT2D eigenvalue weighted by Crippen LogP contribution is 2.18. The second-order valence-electron chi connectivity index (χ2n) is 5.43. The zero-order valence-electron chi connectivity index (χ0n) is 11.5. The van der Waals surface area contributed by atoms with Crippen LogP contribution < -0.4 is 5.32 Å². The summed E-state index contributed by atoms with van der Waals surface area (Å²) in [6.07, 6.45) is 2.59. The van der Waals surface area contributed by atoms with Crippen LogP contribution in [0.25, 0.3) is 0 Å². The molecule has 1 saturated carbocycles. The Labute approximate surface area is 113 Å². The van der Waals surface area contributed by atoms with Gasteiger partial charge in [0.1, 0.15) is 0 Å². The van der Waals surface area contributed by atoms with E-state index < -0.39 is 6.10 Å². The number of nitrogens with one attached hydrogen (secondary N) is 1. The van der Waals surface area contributed by atoms with E-state index in [2.05, 4.69) is 5.32 Å². The molecule has 6 nitrogen and oxygen atoms in total. The molecule has 19 heavy (non-hydrogen) atoms. The number of hydrogen-bond acceptors (Lipinski definition) is 4. The van der Waals surface area contributed by atoms with Crippen LogP contribution in [-0.2, 0) is 9.59 Å². The predicted octanol–water partition coefficient (Wildman–Crippen LogP) is -0.820. The van der Waals surface area contributed by atoms with Crippen molar-refractivity contribution in [1.82, 2.24) is 15.1 Å². The van der Waals surface area contributed by atoms with Crippen molar-refractivity contribution < 1.29 is 14.7 Å². The van der Waals surface area contributed by atoms with Crippen LogP contribution in [0.2, 0.25) is 0 Å². The summed E-state index contributed by atoms with van der Waals surface area (Å²) in [5.74, 6) is -0.0951. The van der Waals surface area contributed by atoms with Gasteiger partial charge in [-0.25, -0.2) is 0 Å². The van der Waals surface area contributed by atoms with Crippen LogP contribution >= 0.6 is 0 Å². The molecule has 2 fully saturated rings. The lowest BCUT2D eigenvalue weighted by Crippen LogP contribution is -2.56. The van der Waals surface area contributed by atoms with Crippen molar-refractivity contribution in [3.8, 4) is 0 Å². The fraction of sp³-hybridized carbons (Fsp3) is 0.846. The van der Waals surface area contributed by atoms with Gasteiger partial charge >= 0.3 is 0 Å². The molecule has 1 heterocycles. The number of rotatable bonds is 7. The number of β-amino-alcohol motifs (C(OH)–C–C–N with tert-alkyl or cyclic N) is 1. The summed E-state index contributed by atoms with van der Waals surface area (Å²) in [7, 11) is 0. The molecule has 108 valence electrons. The SMILES string of the molecule is CCCN1CC(=O)N(CC(O)CNC2CC2)CC1=O. The Kier molecular flexibility index (Phi) is 4.76. The van der Waals surface area contributed by atoms with Gasteiger partial charge in [0.15, 0.2) is 0 Å². The van der Waals surface area contributed by atoms with Gasteiger partial charge in [-0.15, -0.1) is 0 Å². The number of piperazine rings is 1. The van der Waals surface area contributed by atoms with Gasteiger partial charge in [0.2, 0.25) is 11.8 Å². The van der Waals surface area contributed by atoms with Gasteiger partial charge in [-0.2, -0.15) is 0 Å². The summed E-state index contributed by atoms with van der Waals surface area (Å²) >= 11 is 0. The maximum atomic E-state index is 11.9. The minimum Gasteiger partial charge on any atom is -0.390 e. The van der Waals surface area contributed by atoms with Gasteiger partial charge in [0, 0.05) is 25.7 Å². The zero-order valence-corrected chi connectivity index (χ0v) is 11.5. The number of carbonyl (C=O) groups excluding carboxylic acids is 2. The van der Waals surface area contributed by atoms with Crippen LogP contribution in [0.1, 0.15) is 26.2 Å². The zero-order chi connectivity index (χ0) is 13.8. The summed E-state index contributed by atoms with van der Waals surface area (Å²) in [5, 5.41) is 13.1. The van der Waals surface area contributed by atoms with Crippen LogP contribution in [-0.4, -0.2) is 71.6 Å². The summed E-state index contributed by atoms with van der Waals surface area (Å²) in [6.45, 7) is 3.59. The Morgan fingerprint density at radius 1 is 1.26 bits per heavy atom. The Bertz CT molecular complexity index is 344. The quantitative estimate of drug-likeness (QED) is 0.633. The van der Waals surface area contributed by atoms with Gasteiger partial charge in [0.05, 0.1) is 19.2 Å². The fourth-order valence-corrected chi connectivity index (χ4v) is 2.25. The number of aliphatic hydroxyl groups excluding tert-OH is 1. The van der Waals surface area contributed by atoms with E-state index in [-0.39, 0.29) is 31.4 Å². The predicted molar refractivity (Wildman–Crippen MR) is 70.5 cm³/mol. The number of amides is 2. The first-order valence-corrected chi connectivity index (χ1v) is 7.07. The molecule has 1 saturated heterocycles. The van der Waals surface area contributed by atoms with Crippen molar-refractivity contribution >= 4 is 11.8 Å². The van der Waals surface area contributed by atoms with Gasteiger partial charge in [-0.05, 0) is 19.3 Å². The molecule has 1 unspecified atom stereocenters. The Morgan fingerprint density at radius 2 is 1.89 bits per heavy atom. The highest BCUT2D eigenvalue weighted by molar-refractivity contribution is 5.92. The summed E-state index contributed by atoms with van der Waals surface area (Å²) in [4.78, 5) is 26.8. The van der Waals surface area contributed by atoms with Crippen LogP contribution in [0.15, 0.2) is 0 Å². The minimum absolute atomic E-state index is 0.0243. The Morgan fingerprint density at radius 3 is 2.53 bits per heavy atom. The lowest BCUT2D eigenvalue weighted by Gasteiger charge is -2.34. The first-order valence-electron chi connectivity index (χ1n) is 7.07. The summed E-state index contributed by atoms with van der Waals surface area (Å²) < 4.78 is 0. The standard InChI is InChI=1S/C13H23N3O3/c1-2-5-15-8-13(19)16(9-12(15)18)7-11(17)6-14-10-3-4-10/h10-11,14,17H,2-9H2,1H3. The third kappa shape index (κ3) is 4.18. The van der Waals surface area contributed by atoms with Crippen molar-refractivity contribution in [2.24, 2.45) is 0 Å². The van der Waals surface area contributed by atoms with Crippen molar-refractivity contribution in [2.45, 2.75) is 38.3 Å². The van der Waals surface area contributed by atoms with E-state index in [1.54, 1.807) is 4.90 Å². The molecule has 0 radical (unpaired) electrons. The van der Waals surface area contributed by atoms with E-state index in [4.69, 9.17) is 0 Å². The maximum Gasteiger partial charge on any atom is 0.242 e. The van der Waals surface area contributed by atoms with Crippen molar-refractivity contribution in [3.63, 3.8) is 0 Å². The maximum absolute atomic E-state index is 11.9. The Balaban J connectivity index is 1.76.